The first-order valence-electron chi connectivity index (χ1n) is 8.85. The fourth-order valence-corrected chi connectivity index (χ4v) is 3.86. The Morgan fingerprint density at radius 2 is 1.93 bits per heavy atom. The van der Waals surface area contributed by atoms with E-state index in [0.717, 1.165) is 18.4 Å². The number of aromatic nitrogens is 2. The van der Waals surface area contributed by atoms with Gasteiger partial charge in [0.05, 0.1) is 10.4 Å². The van der Waals surface area contributed by atoms with Gasteiger partial charge in [0, 0.05) is 6.07 Å². The number of nitrogens with one attached hydrogen (secondary N) is 3. The topological polar surface area (TPSA) is 100 Å². The molecule has 7 nitrogen and oxygen atoms in total. The van der Waals surface area contributed by atoms with Gasteiger partial charge in [0.1, 0.15) is 5.52 Å². The predicted octanol–water partition coefficient (Wildman–Crippen LogP) is 3.89. The fraction of sp³-hybridized carbons (Fsp3) is 0.150. The number of furan rings is 1. The molecule has 0 aliphatic heterocycles. The van der Waals surface area contributed by atoms with E-state index < -0.39 is 0 Å². The molecule has 0 radical (unpaired) electrons. The number of H-pyrrole nitrogens is 1. The third kappa shape index (κ3) is 2.87. The molecule has 1 aliphatic carbocycles. The van der Waals surface area contributed by atoms with E-state index in [0.29, 0.717) is 16.0 Å². The molecule has 1 fully saturated rings. The van der Waals surface area contributed by atoms with Crippen molar-refractivity contribution < 1.29 is 14.0 Å². The van der Waals surface area contributed by atoms with Crippen LogP contribution < -0.4 is 10.6 Å². The summed E-state index contributed by atoms with van der Waals surface area (Å²) >= 11 is 1.33. The summed E-state index contributed by atoms with van der Waals surface area (Å²) in [6.07, 6.45) is 1.79. The number of fused-ring (bicyclic) bond motifs is 1. The van der Waals surface area contributed by atoms with Gasteiger partial charge in [-0.2, -0.15) is 5.10 Å². The Kier molecular flexibility index (Phi) is 3.80. The van der Waals surface area contributed by atoms with Gasteiger partial charge in [0.25, 0.3) is 11.8 Å². The molecule has 140 valence electrons. The minimum atomic E-state index is -0.326. The smallest absolute Gasteiger partial charge is 0.287 e. The first kappa shape index (κ1) is 16.8. The summed E-state index contributed by atoms with van der Waals surface area (Å²) in [5, 5.41) is 14.5. The highest BCUT2D eigenvalue weighted by atomic mass is 32.1. The Labute approximate surface area is 163 Å². The Hall–Kier alpha value is -3.39. The van der Waals surface area contributed by atoms with E-state index in [1.165, 1.54) is 11.3 Å². The fourth-order valence-electron chi connectivity index (χ4n) is 3.24. The number of anilines is 1. The van der Waals surface area contributed by atoms with Gasteiger partial charge in [-0.1, -0.05) is 36.4 Å². The molecule has 4 aromatic rings. The molecule has 5 rings (SSSR count). The molecule has 3 N–H and O–H groups in total. The highest BCUT2D eigenvalue weighted by Gasteiger charge is 2.46. The standard InChI is InChI=1S/C20H16N4O3S/c25-18(22-20(8-9-20)12-5-2-1-3-6-12)14-11-13-16(27-14)17(24-23-13)21-19(26)15-7-4-10-28-15/h1-7,10-11H,8-9H2,(H,22,25)(H2,21,23,24,26). The highest BCUT2D eigenvalue weighted by molar-refractivity contribution is 7.12. The van der Waals surface area contributed by atoms with Crippen LogP contribution in [0.1, 0.15) is 38.6 Å². The van der Waals surface area contributed by atoms with Gasteiger partial charge in [0.15, 0.2) is 17.2 Å². The van der Waals surface area contributed by atoms with Crippen LogP contribution >= 0.6 is 11.3 Å². The minimum absolute atomic E-state index is 0.178. The first-order chi connectivity index (χ1) is 13.6. The van der Waals surface area contributed by atoms with Crippen LogP contribution in [0.5, 0.6) is 0 Å². The monoisotopic (exact) mass is 392 g/mol. The largest absolute Gasteiger partial charge is 0.445 e. The average molecular weight is 392 g/mol. The number of hydrogen-bond donors (Lipinski definition) is 3. The van der Waals surface area contributed by atoms with E-state index in [4.69, 9.17) is 4.42 Å². The second-order valence-electron chi connectivity index (χ2n) is 6.76. The molecule has 8 heteroatoms. The van der Waals surface area contributed by atoms with E-state index in [1.807, 2.05) is 35.7 Å². The number of hydrogen-bond acceptors (Lipinski definition) is 5. The summed E-state index contributed by atoms with van der Waals surface area (Å²) in [6, 6.07) is 15.0. The van der Waals surface area contributed by atoms with Gasteiger partial charge < -0.3 is 15.1 Å². The van der Waals surface area contributed by atoms with Gasteiger partial charge in [-0.25, -0.2) is 0 Å². The van der Waals surface area contributed by atoms with Gasteiger partial charge in [0.2, 0.25) is 0 Å². The second-order valence-corrected chi connectivity index (χ2v) is 7.71. The van der Waals surface area contributed by atoms with Crippen molar-refractivity contribution in [1.29, 1.82) is 0 Å². The third-order valence-electron chi connectivity index (χ3n) is 4.87. The molecule has 3 heterocycles. The molecule has 2 amide bonds. The average Bonchev–Trinajstić information content (AvgIpc) is 3.10. The Morgan fingerprint density at radius 1 is 1.11 bits per heavy atom. The van der Waals surface area contributed by atoms with Crippen LogP contribution in [-0.4, -0.2) is 22.0 Å². The molecule has 0 saturated heterocycles. The molecule has 0 unspecified atom stereocenters. The van der Waals surface area contributed by atoms with E-state index in [-0.39, 0.29) is 28.9 Å². The number of carbonyl (C=O) groups excluding carboxylic acids is 2. The van der Waals surface area contributed by atoms with Gasteiger partial charge in [-0.05, 0) is 29.9 Å². The molecule has 0 spiro atoms. The van der Waals surface area contributed by atoms with Gasteiger partial charge in [-0.3, -0.25) is 14.7 Å². The highest BCUT2D eigenvalue weighted by Crippen LogP contribution is 2.45. The van der Waals surface area contributed by atoms with Crippen LogP contribution in [0.2, 0.25) is 0 Å². The lowest BCUT2D eigenvalue weighted by Crippen LogP contribution is -2.34. The summed E-state index contributed by atoms with van der Waals surface area (Å²) in [4.78, 5) is 25.5. The molecular weight excluding hydrogens is 376 g/mol. The summed E-state index contributed by atoms with van der Waals surface area (Å²) < 4.78 is 5.71. The quantitative estimate of drug-likeness (QED) is 0.480. The van der Waals surface area contributed by atoms with E-state index in [9.17, 15) is 9.59 Å². The predicted molar refractivity (Wildman–Crippen MR) is 105 cm³/mol. The van der Waals surface area contributed by atoms with Gasteiger partial charge in [-0.15, -0.1) is 11.3 Å². The Bertz CT molecular complexity index is 1160. The van der Waals surface area contributed by atoms with Gasteiger partial charge >= 0.3 is 0 Å². The zero-order valence-corrected chi connectivity index (χ0v) is 15.5. The SMILES string of the molecule is O=C(NC1(c2ccccc2)CC1)c1cc2[nH]nc(NC(=O)c3cccs3)c2o1. The van der Waals surface area contributed by atoms with Crippen LogP contribution in [0.4, 0.5) is 5.82 Å². The molecule has 1 aromatic carbocycles. The number of aromatic amines is 1. The molecule has 0 bridgehead atoms. The third-order valence-corrected chi connectivity index (χ3v) is 5.73. The maximum absolute atomic E-state index is 12.7. The lowest BCUT2D eigenvalue weighted by molar-refractivity contribution is 0.0904. The van der Waals surface area contributed by atoms with E-state index >= 15 is 0 Å². The van der Waals surface area contributed by atoms with Crippen LogP contribution in [0.3, 0.4) is 0 Å². The number of carbonyl (C=O) groups is 2. The Morgan fingerprint density at radius 3 is 2.64 bits per heavy atom. The maximum Gasteiger partial charge on any atom is 0.287 e. The zero-order chi connectivity index (χ0) is 19.1. The number of thiophene rings is 1. The van der Waals surface area contributed by atoms with Crippen LogP contribution in [0.15, 0.2) is 58.3 Å². The van der Waals surface area contributed by atoms with Crippen molar-refractivity contribution in [2.24, 2.45) is 0 Å². The minimum Gasteiger partial charge on any atom is -0.445 e. The molecule has 28 heavy (non-hydrogen) atoms. The molecule has 0 atom stereocenters. The molecular formula is C20H16N4O3S. The molecule has 3 aromatic heterocycles. The normalized spacial score (nSPS) is 14.7. The van der Waals surface area contributed by atoms with Crippen molar-refractivity contribution in [2.75, 3.05) is 5.32 Å². The van der Waals surface area contributed by atoms with E-state index in [2.05, 4.69) is 20.8 Å². The number of amides is 2. The molecule has 1 saturated carbocycles. The first-order valence-corrected chi connectivity index (χ1v) is 9.73. The lowest BCUT2D eigenvalue weighted by Gasteiger charge is -2.16. The summed E-state index contributed by atoms with van der Waals surface area (Å²) in [5.74, 6) is -0.123. The molecule has 1 aliphatic rings. The summed E-state index contributed by atoms with van der Waals surface area (Å²) in [6.45, 7) is 0. The van der Waals surface area contributed by atoms with E-state index in [1.54, 1.807) is 18.2 Å². The number of nitrogens with zero attached hydrogens (tertiary/aromatic N) is 1. The van der Waals surface area contributed by atoms with Crippen molar-refractivity contribution in [3.8, 4) is 0 Å². The summed E-state index contributed by atoms with van der Waals surface area (Å²) in [5.41, 5.74) is 1.66. The van der Waals surface area contributed by atoms with Crippen LogP contribution in [0.25, 0.3) is 11.1 Å². The second kappa shape index (κ2) is 6.35. The van der Waals surface area contributed by atoms with Crippen molar-refractivity contribution >= 4 is 40.1 Å². The maximum atomic E-state index is 12.7. The van der Waals surface area contributed by atoms with Crippen molar-refractivity contribution in [2.45, 2.75) is 18.4 Å². The van der Waals surface area contributed by atoms with Crippen LogP contribution in [0, 0.1) is 0 Å². The Balaban J connectivity index is 1.36. The number of benzene rings is 1. The van der Waals surface area contributed by atoms with Crippen molar-refractivity contribution in [1.82, 2.24) is 15.5 Å². The van der Waals surface area contributed by atoms with Crippen LogP contribution in [-0.2, 0) is 5.54 Å². The zero-order valence-electron chi connectivity index (χ0n) is 14.7. The van der Waals surface area contributed by atoms with Crippen molar-refractivity contribution in [3.63, 3.8) is 0 Å². The lowest BCUT2D eigenvalue weighted by atomic mass is 10.1. The van der Waals surface area contributed by atoms with Crippen molar-refractivity contribution in [3.05, 3.63) is 70.1 Å². The number of rotatable bonds is 5. The summed E-state index contributed by atoms with van der Waals surface area (Å²) in [7, 11) is 0.